The van der Waals surface area contributed by atoms with E-state index >= 15 is 0 Å². The molecule has 4 aliphatic heterocycles. The molecule has 51 heavy (non-hydrogen) atoms. The van der Waals surface area contributed by atoms with Gasteiger partial charge in [0, 0.05) is 62.4 Å². The number of aliphatic hydroxyl groups is 1. The molecule has 2 aromatic rings. The number of halogens is 1. The van der Waals surface area contributed by atoms with E-state index in [0.717, 1.165) is 82.7 Å². The van der Waals surface area contributed by atoms with Gasteiger partial charge in [0.25, 0.3) is 5.91 Å². The molecule has 10 nitrogen and oxygen atoms in total. The molecule has 2 aromatic carbocycles. The van der Waals surface area contributed by atoms with E-state index in [1.165, 1.54) is 5.56 Å². The number of carbonyl (C=O) groups is 1. The lowest BCUT2D eigenvalue weighted by Gasteiger charge is -2.51. The van der Waals surface area contributed by atoms with Gasteiger partial charge >= 0.3 is 0 Å². The van der Waals surface area contributed by atoms with E-state index in [1.54, 1.807) is 25.1 Å². The van der Waals surface area contributed by atoms with Crippen LogP contribution in [0.2, 0.25) is 5.02 Å². The Balaban J connectivity index is 1.23. The van der Waals surface area contributed by atoms with Crippen molar-refractivity contribution in [3.05, 3.63) is 70.3 Å². The molecule has 2 saturated heterocycles. The minimum atomic E-state index is -3.98. The summed E-state index contributed by atoms with van der Waals surface area (Å²) in [5.74, 6) is -0.0425. The fraction of sp³-hybridized carbons (Fsp3) is 0.615. The summed E-state index contributed by atoms with van der Waals surface area (Å²) in [7, 11) is -3.98. The number of morpholine rings is 1. The molecule has 1 saturated carbocycles. The maximum Gasteiger partial charge on any atom is 0.264 e. The van der Waals surface area contributed by atoms with Gasteiger partial charge in [-0.1, -0.05) is 36.7 Å². The van der Waals surface area contributed by atoms with Crippen molar-refractivity contribution in [1.29, 1.82) is 0 Å². The van der Waals surface area contributed by atoms with Crippen LogP contribution in [0.3, 0.4) is 0 Å². The number of amides is 1. The summed E-state index contributed by atoms with van der Waals surface area (Å²) in [6, 6.07) is 11.5. The van der Waals surface area contributed by atoms with Gasteiger partial charge in [0.05, 0.1) is 29.8 Å². The van der Waals surface area contributed by atoms with Gasteiger partial charge in [-0.05, 0) is 105 Å². The minimum absolute atomic E-state index is 0.0270. The van der Waals surface area contributed by atoms with E-state index in [0.29, 0.717) is 49.5 Å². The summed E-state index contributed by atoms with van der Waals surface area (Å²) in [6.07, 6.45) is 9.05. The Bertz CT molecular complexity index is 1720. The molecule has 6 atom stereocenters. The number of β-amino-alcohol motifs (C(OH)–C–C–N with tert-alkyl or cyclic N) is 1. The van der Waals surface area contributed by atoms with Crippen molar-refractivity contribution in [2.75, 3.05) is 63.9 Å². The Labute approximate surface area is 308 Å². The van der Waals surface area contributed by atoms with Crippen molar-refractivity contribution >= 4 is 33.2 Å². The number of aryl methyl sites for hydroxylation is 1. The molecule has 5 aliphatic rings. The second kappa shape index (κ2) is 15.4. The van der Waals surface area contributed by atoms with E-state index in [-0.39, 0.29) is 23.3 Å². The Morgan fingerprint density at radius 1 is 1.02 bits per heavy atom. The van der Waals surface area contributed by atoms with Gasteiger partial charge in [-0.3, -0.25) is 14.6 Å². The summed E-state index contributed by atoms with van der Waals surface area (Å²) in [5, 5.41) is 12.6. The second-order valence-corrected chi connectivity index (χ2v) is 18.0. The van der Waals surface area contributed by atoms with Crippen molar-refractivity contribution < 1.29 is 27.8 Å². The average molecular weight is 741 g/mol. The van der Waals surface area contributed by atoms with Gasteiger partial charge in [0.2, 0.25) is 10.0 Å². The number of sulfonamides is 1. The molecule has 0 aromatic heterocycles. The van der Waals surface area contributed by atoms with Crippen LogP contribution in [0.5, 0.6) is 5.75 Å². The quantitative estimate of drug-likeness (QED) is 0.417. The van der Waals surface area contributed by atoms with E-state index in [1.807, 2.05) is 37.3 Å². The van der Waals surface area contributed by atoms with Gasteiger partial charge in [-0.2, -0.15) is 0 Å². The average Bonchev–Trinajstić information content (AvgIpc) is 3.12. The first-order valence-corrected chi connectivity index (χ1v) is 20.7. The molecular weight excluding hydrogens is 688 g/mol. The maximum absolute atomic E-state index is 13.6. The number of piperazine rings is 1. The molecule has 1 aliphatic carbocycles. The van der Waals surface area contributed by atoms with Crippen LogP contribution >= 0.6 is 11.6 Å². The monoisotopic (exact) mass is 740 g/mol. The molecular formula is C39H53ClN4O6S. The Morgan fingerprint density at radius 2 is 1.88 bits per heavy atom. The third-order valence-corrected chi connectivity index (χ3v) is 14.3. The van der Waals surface area contributed by atoms with Gasteiger partial charge in [-0.15, -0.1) is 0 Å². The number of allylic oxidation sites excluding steroid dienone is 1. The predicted octanol–water partition coefficient (Wildman–Crippen LogP) is 4.88. The van der Waals surface area contributed by atoms with Crippen molar-refractivity contribution in [2.24, 2.45) is 17.8 Å². The Hall–Kier alpha value is -2.67. The van der Waals surface area contributed by atoms with E-state index in [4.69, 9.17) is 21.1 Å². The van der Waals surface area contributed by atoms with Gasteiger partial charge in [0.1, 0.15) is 12.4 Å². The number of hydrogen-bond acceptors (Lipinski definition) is 9. The number of nitrogens with zero attached hydrogens (tertiary/aromatic N) is 3. The summed E-state index contributed by atoms with van der Waals surface area (Å²) in [6.45, 7) is 11.0. The minimum Gasteiger partial charge on any atom is -0.487 e. The lowest BCUT2D eigenvalue weighted by molar-refractivity contribution is -0.0902. The maximum atomic E-state index is 13.6. The van der Waals surface area contributed by atoms with Gasteiger partial charge < -0.3 is 19.5 Å². The van der Waals surface area contributed by atoms with Gasteiger partial charge in [0.15, 0.2) is 0 Å². The first-order chi connectivity index (χ1) is 24.5. The number of fused-ring (bicyclic) bond motifs is 4. The highest BCUT2D eigenvalue weighted by Gasteiger charge is 2.47. The van der Waals surface area contributed by atoms with Crippen LogP contribution in [0.15, 0.2) is 48.6 Å². The molecule has 3 fully saturated rings. The SMILES string of the molecule is C[C@@H]1[C@@H](C)C/C=C/[C@@](O)(CN2CCN3CCOC[C@@H]3C2)[C@@H]2CC[C@H]2CN2CCCCc3cc(Cl)ccc3COc3ccc(cc32)C(=O)NS1(=O)=O. The normalized spacial score (nSPS) is 32.8. The number of nitrogens with one attached hydrogen (secondary N) is 1. The zero-order valence-corrected chi connectivity index (χ0v) is 31.5. The molecule has 7 rings (SSSR count). The van der Waals surface area contributed by atoms with Crippen molar-refractivity contribution in [3.8, 4) is 5.75 Å². The Kier molecular flexibility index (Phi) is 11.0. The van der Waals surface area contributed by atoms with Crippen LogP contribution < -0.4 is 14.4 Å². The van der Waals surface area contributed by atoms with Crippen molar-refractivity contribution in [3.63, 3.8) is 0 Å². The fourth-order valence-corrected chi connectivity index (χ4v) is 10.2. The molecule has 0 radical (unpaired) electrons. The highest BCUT2D eigenvalue weighted by molar-refractivity contribution is 7.90. The molecule has 0 unspecified atom stereocenters. The highest BCUT2D eigenvalue weighted by Crippen LogP contribution is 2.45. The Morgan fingerprint density at radius 3 is 2.71 bits per heavy atom. The molecule has 2 bridgehead atoms. The standard InChI is InChI=1S/C39H53ClN4O6S/c1-27-6-5-14-39(46,26-42-16-17-43-18-19-49-25-34(43)23-42)35-12-9-31(35)22-44-15-4-3-7-29-20-33(40)11-8-32(29)24-50-37-13-10-30(21-36(37)44)38(45)41-51(47,48)28(27)2/h5,8,10-11,13-14,20-21,27-28,31,34-35,46H,3-4,6-7,9,12,15-19,22-26H2,1-2H3,(H,41,45)/b14-5+/t27-,28+,31-,34-,35+,39+/m0/s1. The molecule has 1 amide bonds. The number of benzene rings is 2. The third kappa shape index (κ3) is 8.14. The summed E-state index contributed by atoms with van der Waals surface area (Å²) >= 11 is 6.38. The summed E-state index contributed by atoms with van der Waals surface area (Å²) < 4.78 is 41.7. The van der Waals surface area contributed by atoms with E-state index in [9.17, 15) is 18.3 Å². The van der Waals surface area contributed by atoms with Crippen LogP contribution in [0.1, 0.15) is 67.4 Å². The number of rotatable bonds is 2. The highest BCUT2D eigenvalue weighted by atomic mass is 35.5. The predicted molar refractivity (Wildman–Crippen MR) is 200 cm³/mol. The topological polar surface area (TPSA) is 112 Å². The second-order valence-electron chi connectivity index (χ2n) is 15.5. The number of carbonyl (C=O) groups excluding carboxylic acids is 1. The number of ether oxygens (including phenoxy) is 2. The smallest absolute Gasteiger partial charge is 0.264 e. The van der Waals surface area contributed by atoms with Gasteiger partial charge in [-0.25, -0.2) is 13.1 Å². The van der Waals surface area contributed by atoms with Crippen LogP contribution in [0.4, 0.5) is 5.69 Å². The van der Waals surface area contributed by atoms with E-state index < -0.39 is 26.8 Å². The van der Waals surface area contributed by atoms with Crippen LogP contribution in [0, 0.1) is 17.8 Å². The zero-order valence-electron chi connectivity index (χ0n) is 29.9. The largest absolute Gasteiger partial charge is 0.487 e. The summed E-state index contributed by atoms with van der Waals surface area (Å²) in [4.78, 5) is 20.8. The number of hydrogen-bond donors (Lipinski definition) is 2. The third-order valence-electron chi connectivity index (χ3n) is 12.2. The molecule has 4 heterocycles. The molecule has 12 heteroatoms. The first kappa shape index (κ1) is 36.7. The molecule has 0 spiro atoms. The van der Waals surface area contributed by atoms with Crippen molar-refractivity contribution in [2.45, 2.75) is 75.9 Å². The van der Waals surface area contributed by atoms with Crippen LogP contribution in [0.25, 0.3) is 0 Å². The van der Waals surface area contributed by atoms with Crippen molar-refractivity contribution in [1.82, 2.24) is 14.5 Å². The van der Waals surface area contributed by atoms with Crippen LogP contribution in [-0.2, 0) is 27.8 Å². The number of anilines is 1. The fourth-order valence-electron chi connectivity index (χ4n) is 8.68. The molecule has 278 valence electrons. The lowest BCUT2D eigenvalue weighted by Crippen LogP contribution is -2.62. The summed E-state index contributed by atoms with van der Waals surface area (Å²) in [5.41, 5.74) is 2.20. The van der Waals surface area contributed by atoms with Crippen LogP contribution in [-0.4, -0.2) is 105 Å². The zero-order chi connectivity index (χ0) is 35.8. The molecule has 2 N–H and O–H groups in total. The van der Waals surface area contributed by atoms with E-state index in [2.05, 4.69) is 19.4 Å². The first-order valence-electron chi connectivity index (χ1n) is 18.8. The lowest BCUT2D eigenvalue weighted by atomic mass is 9.64.